The fourth-order valence-corrected chi connectivity index (χ4v) is 5.57. The maximum atomic E-state index is 13.2. The minimum Gasteiger partial charge on any atom is -0.455 e. The molecule has 5 rings (SSSR count). The molecule has 8 atom stereocenters. The molecule has 3 aromatic rings. The highest BCUT2D eigenvalue weighted by atomic mass is 16.7. The number of aliphatic hydroxyl groups is 4. The van der Waals surface area contributed by atoms with Crippen LogP contribution < -0.4 is 0 Å². The smallest absolute Gasteiger partial charge is 0.338 e. The van der Waals surface area contributed by atoms with E-state index >= 15 is 0 Å². The van der Waals surface area contributed by atoms with Gasteiger partial charge in [0.1, 0.15) is 35.6 Å². The summed E-state index contributed by atoms with van der Waals surface area (Å²) in [7, 11) is 0. The molecule has 2 fully saturated rings. The van der Waals surface area contributed by atoms with E-state index in [0.717, 1.165) is 11.1 Å². The molecule has 212 valence electrons. The van der Waals surface area contributed by atoms with Crippen LogP contribution in [0.5, 0.6) is 0 Å². The summed E-state index contributed by atoms with van der Waals surface area (Å²) in [4.78, 5) is 13.2. The van der Waals surface area contributed by atoms with Gasteiger partial charge in [-0.1, -0.05) is 78.9 Å². The largest absolute Gasteiger partial charge is 0.455 e. The van der Waals surface area contributed by atoms with Gasteiger partial charge in [0.25, 0.3) is 0 Å². The standard InChI is InChI=1S/C31H34O9/c1-30(38-19-21-13-7-3-8-14-21)23(39-27(34)22-15-9-4-10-16-22)17-24-31(36,26(33)25(32)28(35)40-24)29(30)37-18-20-11-5-2-6-12-20/h2-16,23-26,28-29,32-33,35-36H,17-19H2,1H3/t23?,24-,25-,26-,28?,29?,30?,31+/m1/s1. The lowest BCUT2D eigenvalue weighted by atomic mass is 9.65. The highest BCUT2D eigenvalue weighted by molar-refractivity contribution is 5.89. The van der Waals surface area contributed by atoms with Crippen LogP contribution in [0, 0.1) is 0 Å². The van der Waals surface area contributed by atoms with E-state index in [-0.39, 0.29) is 19.6 Å². The Kier molecular flexibility index (Phi) is 8.34. The van der Waals surface area contributed by atoms with E-state index in [9.17, 15) is 25.2 Å². The SMILES string of the molecule is CC1(OCc2ccccc2)C(OC(=O)c2ccccc2)C[C@H]2OC(O)[C@H](O)[C@@H](O)[C@]2(O)C1OCc1ccccc1. The van der Waals surface area contributed by atoms with Crippen molar-refractivity contribution >= 4 is 5.97 Å². The molecular weight excluding hydrogens is 516 g/mol. The molecule has 0 bridgehead atoms. The number of rotatable bonds is 8. The van der Waals surface area contributed by atoms with Gasteiger partial charge in [0.05, 0.1) is 24.9 Å². The normalized spacial score (nSPS) is 33.6. The lowest BCUT2D eigenvalue weighted by Gasteiger charge is -2.59. The van der Waals surface area contributed by atoms with Crippen LogP contribution in [0.2, 0.25) is 0 Å². The predicted molar refractivity (Wildman–Crippen MR) is 143 cm³/mol. The third kappa shape index (κ3) is 5.42. The predicted octanol–water partition coefficient (Wildman–Crippen LogP) is 2.35. The molecule has 40 heavy (non-hydrogen) atoms. The molecule has 1 aliphatic carbocycles. The van der Waals surface area contributed by atoms with Crippen molar-refractivity contribution in [2.45, 2.75) is 74.6 Å². The van der Waals surface area contributed by atoms with Gasteiger partial charge in [0.2, 0.25) is 0 Å². The highest BCUT2D eigenvalue weighted by Crippen LogP contribution is 2.48. The van der Waals surface area contributed by atoms with E-state index in [2.05, 4.69) is 0 Å². The van der Waals surface area contributed by atoms with Gasteiger partial charge in [-0.15, -0.1) is 0 Å². The van der Waals surface area contributed by atoms with E-state index in [1.165, 1.54) is 0 Å². The number of carbonyl (C=O) groups is 1. The third-order valence-electron chi connectivity index (χ3n) is 7.83. The first-order valence-electron chi connectivity index (χ1n) is 13.2. The van der Waals surface area contributed by atoms with Gasteiger partial charge in [-0.3, -0.25) is 0 Å². The minimum atomic E-state index is -2.23. The summed E-state index contributed by atoms with van der Waals surface area (Å²) in [6.07, 6.45) is -9.25. The number of fused-ring (bicyclic) bond motifs is 1. The second-order valence-corrected chi connectivity index (χ2v) is 10.5. The maximum Gasteiger partial charge on any atom is 0.338 e. The van der Waals surface area contributed by atoms with Gasteiger partial charge in [0, 0.05) is 6.42 Å². The molecule has 0 radical (unpaired) electrons. The molecular formula is C31H34O9. The summed E-state index contributed by atoms with van der Waals surface area (Å²) in [6, 6.07) is 27.0. The molecule has 0 spiro atoms. The molecule has 4 unspecified atom stereocenters. The molecule has 9 nitrogen and oxygen atoms in total. The molecule has 9 heteroatoms. The van der Waals surface area contributed by atoms with Crippen molar-refractivity contribution in [3.63, 3.8) is 0 Å². The Morgan fingerprint density at radius 2 is 1.43 bits per heavy atom. The van der Waals surface area contributed by atoms with Gasteiger partial charge >= 0.3 is 5.97 Å². The molecule has 0 amide bonds. The Labute approximate surface area is 232 Å². The van der Waals surface area contributed by atoms with Crippen molar-refractivity contribution in [2.75, 3.05) is 0 Å². The van der Waals surface area contributed by atoms with Crippen molar-refractivity contribution in [3.05, 3.63) is 108 Å². The van der Waals surface area contributed by atoms with Gasteiger partial charge in [-0.2, -0.15) is 0 Å². The van der Waals surface area contributed by atoms with Crippen LogP contribution in [-0.4, -0.2) is 74.4 Å². The molecule has 1 saturated carbocycles. The van der Waals surface area contributed by atoms with Gasteiger partial charge in [-0.25, -0.2) is 4.79 Å². The summed E-state index contributed by atoms with van der Waals surface area (Å²) >= 11 is 0. The van der Waals surface area contributed by atoms with Crippen LogP contribution in [-0.2, 0) is 32.2 Å². The van der Waals surface area contributed by atoms with Crippen molar-refractivity contribution in [3.8, 4) is 0 Å². The molecule has 3 aromatic carbocycles. The summed E-state index contributed by atoms with van der Waals surface area (Å²) in [6.45, 7) is 1.73. The van der Waals surface area contributed by atoms with Crippen LogP contribution in [0.4, 0.5) is 0 Å². The molecule has 1 heterocycles. The van der Waals surface area contributed by atoms with Crippen molar-refractivity contribution in [2.24, 2.45) is 0 Å². The number of benzene rings is 3. The van der Waals surface area contributed by atoms with Gasteiger partial charge in [-0.05, 0) is 30.2 Å². The quantitative estimate of drug-likeness (QED) is 0.312. The van der Waals surface area contributed by atoms with E-state index in [4.69, 9.17) is 18.9 Å². The molecule has 2 aliphatic rings. The first-order chi connectivity index (χ1) is 19.2. The molecule has 1 saturated heterocycles. The van der Waals surface area contributed by atoms with E-state index in [1.54, 1.807) is 37.3 Å². The van der Waals surface area contributed by atoms with Crippen molar-refractivity contribution in [1.29, 1.82) is 0 Å². The Balaban J connectivity index is 1.55. The monoisotopic (exact) mass is 550 g/mol. The second-order valence-electron chi connectivity index (χ2n) is 10.5. The van der Waals surface area contributed by atoms with Crippen LogP contribution in [0.3, 0.4) is 0 Å². The topological polar surface area (TPSA) is 135 Å². The van der Waals surface area contributed by atoms with E-state index in [0.29, 0.717) is 5.56 Å². The Bertz CT molecular complexity index is 1260. The van der Waals surface area contributed by atoms with Gasteiger partial charge in [0.15, 0.2) is 6.29 Å². The molecule has 0 aromatic heterocycles. The second kappa shape index (κ2) is 11.8. The van der Waals surface area contributed by atoms with E-state index in [1.807, 2.05) is 60.7 Å². The number of hydrogen-bond donors (Lipinski definition) is 4. The number of hydrogen-bond acceptors (Lipinski definition) is 9. The third-order valence-corrected chi connectivity index (χ3v) is 7.83. The number of ether oxygens (including phenoxy) is 4. The Hall–Kier alpha value is -3.15. The zero-order valence-corrected chi connectivity index (χ0v) is 22.1. The Morgan fingerprint density at radius 1 is 0.875 bits per heavy atom. The summed E-state index contributed by atoms with van der Waals surface area (Å²) in [5, 5.41) is 44.1. The number of carbonyl (C=O) groups excluding carboxylic acids is 1. The molecule has 4 N–H and O–H groups in total. The zero-order valence-electron chi connectivity index (χ0n) is 22.1. The molecule has 1 aliphatic heterocycles. The zero-order chi connectivity index (χ0) is 28.3. The van der Waals surface area contributed by atoms with Crippen LogP contribution in [0.1, 0.15) is 34.8 Å². The maximum absolute atomic E-state index is 13.2. The summed E-state index contributed by atoms with van der Waals surface area (Å²) in [5.41, 5.74) is -1.84. The summed E-state index contributed by atoms with van der Waals surface area (Å²) in [5.74, 6) is -0.621. The first kappa shape index (κ1) is 28.4. The number of esters is 1. The van der Waals surface area contributed by atoms with Gasteiger partial charge < -0.3 is 39.4 Å². The first-order valence-corrected chi connectivity index (χ1v) is 13.2. The minimum absolute atomic E-state index is 0.00947. The van der Waals surface area contributed by atoms with Crippen LogP contribution in [0.25, 0.3) is 0 Å². The fraction of sp³-hybridized carbons (Fsp3) is 0.387. The Morgan fingerprint density at radius 3 is 2.02 bits per heavy atom. The summed E-state index contributed by atoms with van der Waals surface area (Å²) < 4.78 is 24.4. The average molecular weight is 551 g/mol. The van der Waals surface area contributed by atoms with Crippen molar-refractivity contribution < 1.29 is 44.2 Å². The van der Waals surface area contributed by atoms with Crippen LogP contribution in [0.15, 0.2) is 91.0 Å². The van der Waals surface area contributed by atoms with Crippen LogP contribution >= 0.6 is 0 Å². The van der Waals surface area contributed by atoms with E-state index < -0.39 is 54.0 Å². The lowest BCUT2D eigenvalue weighted by Crippen LogP contribution is -2.80. The van der Waals surface area contributed by atoms with Crippen molar-refractivity contribution in [1.82, 2.24) is 0 Å². The highest BCUT2D eigenvalue weighted by Gasteiger charge is 2.69. The average Bonchev–Trinajstić information content (AvgIpc) is 2.98. The number of aliphatic hydroxyl groups excluding tert-OH is 3. The fourth-order valence-electron chi connectivity index (χ4n) is 5.57. The lowest BCUT2D eigenvalue weighted by molar-refractivity contribution is -0.382.